The summed E-state index contributed by atoms with van der Waals surface area (Å²) < 4.78 is 0. The van der Waals surface area contributed by atoms with Gasteiger partial charge in [-0.2, -0.15) is 0 Å². The summed E-state index contributed by atoms with van der Waals surface area (Å²) in [7, 11) is 0. The summed E-state index contributed by atoms with van der Waals surface area (Å²) in [4.78, 5) is 17.1. The average Bonchev–Trinajstić information content (AvgIpc) is 3.09. The Morgan fingerprint density at radius 2 is 1.96 bits per heavy atom. The Hall–Kier alpha value is -1.88. The number of hydrogen-bond donors (Lipinski definition) is 2. The lowest BCUT2D eigenvalue weighted by Crippen LogP contribution is -2.27. The topological polar surface area (TPSA) is 68.0 Å². The molecule has 1 heterocycles. The van der Waals surface area contributed by atoms with E-state index in [1.54, 1.807) is 0 Å². The first kappa shape index (κ1) is 17.9. The summed E-state index contributed by atoms with van der Waals surface area (Å²) in [6.45, 7) is 2.24. The molecule has 1 fully saturated rings. The zero-order valence-corrected chi connectivity index (χ0v) is 15.6. The summed E-state index contributed by atoms with van der Waals surface area (Å²) in [6.07, 6.45) is 8.30. The van der Waals surface area contributed by atoms with Gasteiger partial charge in [0.15, 0.2) is 5.13 Å². The molecule has 0 saturated heterocycles. The van der Waals surface area contributed by atoms with Crippen molar-refractivity contribution < 1.29 is 4.79 Å². The van der Waals surface area contributed by atoms with Crippen molar-refractivity contribution in [2.24, 2.45) is 11.8 Å². The number of thiazole rings is 1. The van der Waals surface area contributed by atoms with Crippen LogP contribution in [0.3, 0.4) is 0 Å². The molecular weight excluding hydrogens is 330 g/mol. The lowest BCUT2D eigenvalue weighted by molar-refractivity contribution is -0.121. The number of hydrogen-bond acceptors (Lipinski definition) is 4. The second-order valence-corrected chi connectivity index (χ2v) is 7.87. The fourth-order valence-electron chi connectivity index (χ4n) is 3.53. The van der Waals surface area contributed by atoms with E-state index in [4.69, 9.17) is 5.73 Å². The van der Waals surface area contributed by atoms with Gasteiger partial charge in [-0.3, -0.25) is 4.79 Å². The third-order valence-corrected chi connectivity index (χ3v) is 5.88. The summed E-state index contributed by atoms with van der Waals surface area (Å²) >= 11 is 1.48. The van der Waals surface area contributed by atoms with Gasteiger partial charge in [0, 0.05) is 22.5 Å². The SMILES string of the molecule is CCCCC1CCC(C(=O)Nc2nc(-c3ccc(N)cc3)cs2)CC1. The fourth-order valence-corrected chi connectivity index (χ4v) is 4.25. The van der Waals surface area contributed by atoms with Crippen LogP contribution in [0.25, 0.3) is 11.3 Å². The van der Waals surface area contributed by atoms with Gasteiger partial charge in [0.25, 0.3) is 0 Å². The van der Waals surface area contributed by atoms with E-state index >= 15 is 0 Å². The first-order valence-electron chi connectivity index (χ1n) is 9.28. The van der Waals surface area contributed by atoms with Crippen molar-refractivity contribution in [2.75, 3.05) is 11.1 Å². The van der Waals surface area contributed by atoms with Gasteiger partial charge < -0.3 is 11.1 Å². The molecule has 134 valence electrons. The number of nitrogens with two attached hydrogens (primary N) is 1. The van der Waals surface area contributed by atoms with E-state index in [0.717, 1.165) is 35.7 Å². The van der Waals surface area contributed by atoms with Crippen LogP contribution in [-0.4, -0.2) is 10.9 Å². The molecule has 2 aromatic rings. The Morgan fingerprint density at radius 1 is 1.24 bits per heavy atom. The average molecular weight is 358 g/mol. The molecule has 1 aliphatic rings. The van der Waals surface area contributed by atoms with Crippen LogP contribution in [0, 0.1) is 11.8 Å². The third-order valence-electron chi connectivity index (χ3n) is 5.12. The van der Waals surface area contributed by atoms with E-state index in [1.807, 2.05) is 29.6 Å². The molecule has 1 aromatic carbocycles. The van der Waals surface area contributed by atoms with Crippen molar-refractivity contribution in [1.29, 1.82) is 0 Å². The summed E-state index contributed by atoms with van der Waals surface area (Å²) in [5.74, 6) is 1.09. The molecule has 25 heavy (non-hydrogen) atoms. The number of amides is 1. The van der Waals surface area contributed by atoms with Gasteiger partial charge in [0.2, 0.25) is 5.91 Å². The van der Waals surface area contributed by atoms with Crippen LogP contribution in [-0.2, 0) is 4.79 Å². The van der Waals surface area contributed by atoms with E-state index in [1.165, 1.54) is 43.4 Å². The molecule has 0 atom stereocenters. The van der Waals surface area contributed by atoms with Gasteiger partial charge >= 0.3 is 0 Å². The van der Waals surface area contributed by atoms with E-state index < -0.39 is 0 Å². The van der Waals surface area contributed by atoms with Crippen LogP contribution < -0.4 is 11.1 Å². The first-order valence-corrected chi connectivity index (χ1v) is 10.2. The quantitative estimate of drug-likeness (QED) is 0.687. The second-order valence-electron chi connectivity index (χ2n) is 7.01. The predicted octanol–water partition coefficient (Wildman–Crippen LogP) is 5.33. The number of carbonyl (C=O) groups is 1. The van der Waals surface area contributed by atoms with Gasteiger partial charge in [0.05, 0.1) is 5.69 Å². The molecule has 0 bridgehead atoms. The van der Waals surface area contributed by atoms with E-state index in [9.17, 15) is 4.79 Å². The van der Waals surface area contributed by atoms with Crippen molar-refractivity contribution in [1.82, 2.24) is 4.98 Å². The monoisotopic (exact) mass is 357 g/mol. The minimum absolute atomic E-state index is 0.132. The lowest BCUT2D eigenvalue weighted by Gasteiger charge is -2.27. The Balaban J connectivity index is 1.53. The number of benzene rings is 1. The first-order chi connectivity index (χ1) is 12.2. The lowest BCUT2D eigenvalue weighted by atomic mass is 9.79. The Bertz CT molecular complexity index is 687. The largest absolute Gasteiger partial charge is 0.399 e. The fraction of sp³-hybridized carbons (Fsp3) is 0.500. The van der Waals surface area contributed by atoms with Gasteiger partial charge in [-0.15, -0.1) is 11.3 Å². The van der Waals surface area contributed by atoms with E-state index in [-0.39, 0.29) is 11.8 Å². The maximum absolute atomic E-state index is 12.5. The molecule has 3 rings (SSSR count). The van der Waals surface area contributed by atoms with Crippen LogP contribution in [0.15, 0.2) is 29.6 Å². The minimum atomic E-state index is 0.132. The number of nitrogens with one attached hydrogen (secondary N) is 1. The maximum atomic E-state index is 12.5. The summed E-state index contributed by atoms with van der Waals surface area (Å²) in [5, 5.41) is 5.68. The number of aromatic nitrogens is 1. The highest BCUT2D eigenvalue weighted by molar-refractivity contribution is 7.14. The molecule has 3 N–H and O–H groups in total. The molecular formula is C20H27N3OS. The van der Waals surface area contributed by atoms with Gasteiger partial charge in [0.1, 0.15) is 0 Å². The molecule has 5 heteroatoms. The van der Waals surface area contributed by atoms with Gasteiger partial charge in [-0.1, -0.05) is 38.3 Å². The molecule has 0 radical (unpaired) electrons. The number of anilines is 2. The standard InChI is InChI=1S/C20H27N3OS/c1-2-3-4-14-5-7-16(8-6-14)19(24)23-20-22-18(13-25-20)15-9-11-17(21)12-10-15/h9-14,16H,2-8,21H2,1H3,(H,22,23,24). The van der Waals surface area contributed by atoms with E-state index in [0.29, 0.717) is 5.13 Å². The number of carbonyl (C=O) groups excluding carboxylic acids is 1. The molecule has 0 aliphatic heterocycles. The van der Waals surface area contributed by atoms with Gasteiger partial charge in [-0.25, -0.2) is 4.98 Å². The predicted molar refractivity (Wildman–Crippen MR) is 106 cm³/mol. The van der Waals surface area contributed by atoms with Crippen LogP contribution in [0.4, 0.5) is 10.8 Å². The Morgan fingerprint density at radius 3 is 2.64 bits per heavy atom. The van der Waals surface area contributed by atoms with Crippen LogP contribution in [0.2, 0.25) is 0 Å². The molecule has 0 spiro atoms. The van der Waals surface area contributed by atoms with Crippen molar-refractivity contribution in [3.05, 3.63) is 29.6 Å². The third kappa shape index (κ3) is 4.82. The molecule has 0 unspecified atom stereocenters. The highest BCUT2D eigenvalue weighted by Gasteiger charge is 2.26. The van der Waals surface area contributed by atoms with Crippen LogP contribution in [0.1, 0.15) is 51.9 Å². The Labute approximate surface area is 153 Å². The Kier molecular flexibility index (Phi) is 6.08. The summed E-state index contributed by atoms with van der Waals surface area (Å²) in [6, 6.07) is 7.63. The highest BCUT2D eigenvalue weighted by atomic mass is 32.1. The molecule has 4 nitrogen and oxygen atoms in total. The zero-order valence-electron chi connectivity index (χ0n) is 14.8. The molecule has 1 aromatic heterocycles. The van der Waals surface area contributed by atoms with E-state index in [2.05, 4.69) is 17.2 Å². The molecule has 1 amide bonds. The zero-order chi connectivity index (χ0) is 17.6. The smallest absolute Gasteiger partial charge is 0.229 e. The van der Waals surface area contributed by atoms with Crippen molar-refractivity contribution in [3.8, 4) is 11.3 Å². The molecule has 1 saturated carbocycles. The van der Waals surface area contributed by atoms with Gasteiger partial charge in [-0.05, 0) is 43.7 Å². The number of unbranched alkanes of at least 4 members (excludes halogenated alkanes) is 1. The maximum Gasteiger partial charge on any atom is 0.229 e. The number of nitrogen functional groups attached to an aromatic ring is 1. The highest BCUT2D eigenvalue weighted by Crippen LogP contribution is 2.33. The molecule has 1 aliphatic carbocycles. The van der Waals surface area contributed by atoms with Crippen molar-refractivity contribution in [2.45, 2.75) is 51.9 Å². The second kappa shape index (κ2) is 8.48. The van der Waals surface area contributed by atoms with Crippen LogP contribution in [0.5, 0.6) is 0 Å². The minimum Gasteiger partial charge on any atom is -0.399 e. The number of nitrogens with zero attached hydrogens (tertiary/aromatic N) is 1. The normalized spacial score (nSPS) is 20.4. The number of rotatable bonds is 6. The summed E-state index contributed by atoms with van der Waals surface area (Å²) in [5.41, 5.74) is 8.35. The van der Waals surface area contributed by atoms with Crippen molar-refractivity contribution >= 4 is 28.1 Å². The van der Waals surface area contributed by atoms with Crippen molar-refractivity contribution in [3.63, 3.8) is 0 Å². The van der Waals surface area contributed by atoms with Crippen LogP contribution >= 0.6 is 11.3 Å².